The number of nitrogens with zero attached hydrogens (tertiary/aromatic N) is 9. The molecule has 0 aliphatic carbocycles. The van der Waals surface area contributed by atoms with Gasteiger partial charge < -0.3 is 13.7 Å². The van der Waals surface area contributed by atoms with E-state index in [1.165, 1.54) is 27.1 Å². The van der Waals surface area contributed by atoms with Gasteiger partial charge in [-0.25, -0.2) is 29.9 Å². The fourth-order valence-electron chi connectivity index (χ4n) is 12.7. The Hall–Kier alpha value is -11.9. The van der Waals surface area contributed by atoms with Gasteiger partial charge in [0, 0.05) is 82.8 Å². The van der Waals surface area contributed by atoms with E-state index in [-0.39, 0.29) is 0 Å². The van der Waals surface area contributed by atoms with Crippen molar-refractivity contribution in [1.82, 2.24) is 43.6 Å². The van der Waals surface area contributed by atoms with Crippen molar-refractivity contribution in [3.63, 3.8) is 0 Å². The first kappa shape index (κ1) is 49.7. The summed E-state index contributed by atoms with van der Waals surface area (Å²) in [5.74, 6) is 3.76. The lowest BCUT2D eigenvalue weighted by Gasteiger charge is -2.11. The summed E-state index contributed by atoms with van der Waals surface area (Å²) in [7, 11) is 0. The largest absolute Gasteiger partial charge is 0.309 e. The molecule has 0 fully saturated rings. The number of hydrogen-bond acceptors (Lipinski definition) is 6. The first-order valence-corrected chi connectivity index (χ1v) is 29.2. The molecular formula is C78H49N9. The minimum atomic E-state index is 0.613. The van der Waals surface area contributed by atoms with Crippen LogP contribution in [-0.2, 0) is 0 Å². The maximum absolute atomic E-state index is 5.15. The Balaban J connectivity index is 0.787. The summed E-state index contributed by atoms with van der Waals surface area (Å²) >= 11 is 0. The van der Waals surface area contributed by atoms with Crippen LogP contribution in [0.2, 0.25) is 0 Å². The number of benzene rings is 12. The third-order valence-electron chi connectivity index (χ3n) is 16.7. The van der Waals surface area contributed by atoms with Crippen molar-refractivity contribution in [1.29, 1.82) is 0 Å². The Morgan fingerprint density at radius 2 is 0.506 bits per heavy atom. The summed E-state index contributed by atoms with van der Waals surface area (Å²) in [5, 5.41) is 6.95. The van der Waals surface area contributed by atoms with Crippen LogP contribution in [0.15, 0.2) is 297 Å². The molecule has 17 aromatic rings. The van der Waals surface area contributed by atoms with E-state index in [1.807, 2.05) is 121 Å². The molecular weight excluding hydrogens is 1060 g/mol. The zero-order valence-electron chi connectivity index (χ0n) is 46.8. The van der Waals surface area contributed by atoms with Crippen LogP contribution in [0.3, 0.4) is 0 Å². The molecule has 0 bridgehead atoms. The first-order chi connectivity index (χ1) is 43.1. The van der Waals surface area contributed by atoms with Crippen molar-refractivity contribution in [2.75, 3.05) is 0 Å². The normalized spacial score (nSPS) is 11.7. The van der Waals surface area contributed by atoms with Gasteiger partial charge in [0.1, 0.15) is 0 Å². The van der Waals surface area contributed by atoms with Crippen LogP contribution >= 0.6 is 0 Å². The van der Waals surface area contributed by atoms with Crippen LogP contribution in [0.5, 0.6) is 0 Å². The molecule has 0 unspecified atom stereocenters. The molecule has 87 heavy (non-hydrogen) atoms. The molecule has 9 nitrogen and oxygen atoms in total. The molecule has 0 radical (unpaired) electrons. The average Bonchev–Trinajstić information content (AvgIpc) is 1.75. The minimum absolute atomic E-state index is 0.613. The molecule has 17 rings (SSSR count). The number of para-hydroxylation sites is 3. The molecule has 5 aromatic heterocycles. The van der Waals surface area contributed by atoms with Crippen LogP contribution in [0.1, 0.15) is 0 Å². The Labute approximate surface area is 500 Å². The molecule has 0 amide bonds. The fraction of sp³-hybridized carbons (Fsp3) is 0. The lowest BCUT2D eigenvalue weighted by Crippen LogP contribution is -2.00. The minimum Gasteiger partial charge on any atom is -0.309 e. The fourth-order valence-corrected chi connectivity index (χ4v) is 12.7. The summed E-state index contributed by atoms with van der Waals surface area (Å²) in [4.78, 5) is 30.3. The number of rotatable bonds is 10. The van der Waals surface area contributed by atoms with E-state index in [9.17, 15) is 0 Å². The van der Waals surface area contributed by atoms with Crippen LogP contribution in [0.25, 0.3) is 162 Å². The van der Waals surface area contributed by atoms with Crippen LogP contribution < -0.4 is 0 Å². The van der Waals surface area contributed by atoms with Crippen LogP contribution in [0, 0.1) is 0 Å². The molecule has 0 aliphatic heterocycles. The van der Waals surface area contributed by atoms with Crippen molar-refractivity contribution in [3.8, 4) is 96.5 Å². The predicted octanol–water partition coefficient (Wildman–Crippen LogP) is 19.0. The maximum atomic E-state index is 5.15. The van der Waals surface area contributed by atoms with E-state index in [2.05, 4.69) is 190 Å². The van der Waals surface area contributed by atoms with Gasteiger partial charge in [0.15, 0.2) is 34.9 Å². The third kappa shape index (κ3) is 8.47. The summed E-state index contributed by atoms with van der Waals surface area (Å²) in [5.41, 5.74) is 17.8. The molecule has 0 saturated carbocycles. The second-order valence-corrected chi connectivity index (χ2v) is 21.9. The molecule has 0 N–H and O–H groups in total. The van der Waals surface area contributed by atoms with Gasteiger partial charge in [0.05, 0.1) is 33.1 Å². The molecule has 0 atom stereocenters. The quantitative estimate of drug-likeness (QED) is 0.135. The molecule has 406 valence electrons. The topological polar surface area (TPSA) is 92.1 Å². The molecule has 0 aliphatic rings. The highest BCUT2D eigenvalue weighted by Crippen LogP contribution is 2.43. The van der Waals surface area contributed by atoms with Crippen molar-refractivity contribution in [3.05, 3.63) is 297 Å². The van der Waals surface area contributed by atoms with Crippen molar-refractivity contribution in [2.45, 2.75) is 0 Å². The van der Waals surface area contributed by atoms with Crippen LogP contribution in [0.4, 0.5) is 0 Å². The van der Waals surface area contributed by atoms with Gasteiger partial charge in [-0.1, -0.05) is 194 Å². The smallest absolute Gasteiger partial charge is 0.164 e. The molecule has 5 heterocycles. The molecule has 0 saturated heterocycles. The second kappa shape index (κ2) is 20.4. The predicted molar refractivity (Wildman–Crippen MR) is 354 cm³/mol. The highest BCUT2D eigenvalue weighted by Gasteiger charge is 2.22. The van der Waals surface area contributed by atoms with E-state index in [1.54, 1.807) is 0 Å². The van der Waals surface area contributed by atoms with Gasteiger partial charge >= 0.3 is 0 Å². The van der Waals surface area contributed by atoms with Gasteiger partial charge in [0.25, 0.3) is 0 Å². The molecule has 0 spiro atoms. The Morgan fingerprint density at radius 1 is 0.184 bits per heavy atom. The van der Waals surface area contributed by atoms with Gasteiger partial charge in [-0.3, -0.25) is 0 Å². The van der Waals surface area contributed by atoms with E-state index < -0.39 is 0 Å². The summed E-state index contributed by atoms with van der Waals surface area (Å²) in [6.45, 7) is 0. The Kier molecular flexibility index (Phi) is 11.7. The highest BCUT2D eigenvalue weighted by atomic mass is 15.1. The Bertz CT molecular complexity index is 5370. The summed E-state index contributed by atoms with van der Waals surface area (Å²) in [6.07, 6.45) is 0. The van der Waals surface area contributed by atoms with E-state index >= 15 is 0 Å². The van der Waals surface area contributed by atoms with Crippen molar-refractivity contribution >= 4 is 65.4 Å². The van der Waals surface area contributed by atoms with Crippen molar-refractivity contribution in [2.24, 2.45) is 0 Å². The third-order valence-corrected chi connectivity index (χ3v) is 16.7. The SMILES string of the molecule is c1ccc(-c2nc(-c3ccccc3)nc(-c3ccc(-n4c5ccccc5c5c(-c6ccc7c(c6)c6ccccc6n7-c6ccc7c(c6)c6cc(-c8nc(-c9ccccc9)nc(-c9ccccc9)n8)ccc6n7-c6ccccc6)cccc54)cc3)n2)cc1. The second-order valence-electron chi connectivity index (χ2n) is 21.9. The van der Waals surface area contributed by atoms with E-state index in [0.29, 0.717) is 34.9 Å². The Morgan fingerprint density at radius 3 is 1.05 bits per heavy atom. The van der Waals surface area contributed by atoms with Crippen molar-refractivity contribution < 1.29 is 0 Å². The lowest BCUT2D eigenvalue weighted by atomic mass is 9.98. The van der Waals surface area contributed by atoms with Gasteiger partial charge in [-0.05, 0) is 114 Å². The van der Waals surface area contributed by atoms with E-state index in [4.69, 9.17) is 29.9 Å². The zero-order valence-corrected chi connectivity index (χ0v) is 46.8. The first-order valence-electron chi connectivity index (χ1n) is 29.2. The molecule has 12 aromatic carbocycles. The highest BCUT2D eigenvalue weighted by molar-refractivity contribution is 6.18. The average molecular weight is 1110 g/mol. The summed E-state index contributed by atoms with van der Waals surface area (Å²) < 4.78 is 7.16. The van der Waals surface area contributed by atoms with Crippen LogP contribution in [-0.4, -0.2) is 43.6 Å². The lowest BCUT2D eigenvalue weighted by molar-refractivity contribution is 1.07. The number of hydrogen-bond donors (Lipinski definition) is 0. The number of fused-ring (bicyclic) bond motifs is 9. The van der Waals surface area contributed by atoms with E-state index in [0.717, 1.165) is 99.9 Å². The van der Waals surface area contributed by atoms with Gasteiger partial charge in [-0.2, -0.15) is 0 Å². The standard InChI is InChI=1S/C78H49N9/c1-6-21-50(22-7-1)73-79-74(51-23-8-2-9-24-51)82-77(81-73)54-37-41-58(42-38-54)86-67-35-19-17-32-62(67)72-60(33-20-36-71(72)86)55-39-44-68-63(47-55)61-31-16-18-34-66(61)87(68)59-43-46-70-65(49-59)64-48-56(40-45-69(64)85(70)57-29-14-5-15-30-57)78-83-75(52-25-10-3-11-26-52)80-76(84-78)53-27-12-4-13-28-53/h1-49H. The molecule has 9 heteroatoms. The summed E-state index contributed by atoms with van der Waals surface area (Å²) in [6, 6.07) is 104. The maximum Gasteiger partial charge on any atom is 0.164 e. The number of aromatic nitrogens is 9. The monoisotopic (exact) mass is 1110 g/mol. The zero-order chi connectivity index (χ0) is 57.4. The van der Waals surface area contributed by atoms with Gasteiger partial charge in [0.2, 0.25) is 0 Å². The van der Waals surface area contributed by atoms with Gasteiger partial charge in [-0.15, -0.1) is 0 Å².